The van der Waals surface area contributed by atoms with Gasteiger partial charge in [-0.25, -0.2) is 4.39 Å². The van der Waals surface area contributed by atoms with E-state index in [4.69, 9.17) is 10.5 Å². The molecule has 0 fully saturated rings. The SMILES string of the molecule is COCCCCC(CN)(CO)c1cccc(F)c1. The maximum Gasteiger partial charge on any atom is 0.123 e. The molecule has 0 saturated carbocycles. The summed E-state index contributed by atoms with van der Waals surface area (Å²) in [6, 6.07) is 6.33. The number of aliphatic hydroxyl groups excluding tert-OH is 1. The highest BCUT2D eigenvalue weighted by Crippen LogP contribution is 2.29. The molecule has 1 aromatic carbocycles. The Morgan fingerprint density at radius 2 is 2.17 bits per heavy atom. The van der Waals surface area contributed by atoms with E-state index in [-0.39, 0.29) is 12.4 Å². The van der Waals surface area contributed by atoms with Crippen molar-refractivity contribution in [1.82, 2.24) is 0 Å². The largest absolute Gasteiger partial charge is 0.395 e. The number of benzene rings is 1. The van der Waals surface area contributed by atoms with E-state index in [1.165, 1.54) is 12.1 Å². The summed E-state index contributed by atoms with van der Waals surface area (Å²) < 4.78 is 18.3. The van der Waals surface area contributed by atoms with Crippen LogP contribution in [0.25, 0.3) is 0 Å². The van der Waals surface area contributed by atoms with E-state index in [1.807, 2.05) is 6.07 Å². The number of ether oxygens (including phenoxy) is 1. The zero-order valence-corrected chi connectivity index (χ0v) is 10.9. The Hall–Kier alpha value is -0.970. The van der Waals surface area contributed by atoms with Gasteiger partial charge in [0.05, 0.1) is 6.61 Å². The summed E-state index contributed by atoms with van der Waals surface area (Å²) in [4.78, 5) is 0. The predicted molar refractivity (Wildman–Crippen MR) is 69.9 cm³/mol. The number of methoxy groups -OCH3 is 1. The van der Waals surface area contributed by atoms with Crippen LogP contribution in [0.5, 0.6) is 0 Å². The number of hydrogen-bond acceptors (Lipinski definition) is 3. The summed E-state index contributed by atoms with van der Waals surface area (Å²) in [5, 5.41) is 9.64. The quantitative estimate of drug-likeness (QED) is 0.697. The summed E-state index contributed by atoms with van der Waals surface area (Å²) >= 11 is 0. The first-order valence-electron chi connectivity index (χ1n) is 6.24. The van der Waals surface area contributed by atoms with Gasteiger partial charge in [-0.2, -0.15) is 0 Å². The van der Waals surface area contributed by atoms with Crippen LogP contribution in [0, 0.1) is 5.82 Å². The van der Waals surface area contributed by atoms with E-state index in [0.717, 1.165) is 24.8 Å². The Morgan fingerprint density at radius 1 is 1.39 bits per heavy atom. The van der Waals surface area contributed by atoms with Crippen molar-refractivity contribution in [1.29, 1.82) is 0 Å². The second kappa shape index (κ2) is 7.46. The molecule has 0 aliphatic heterocycles. The molecule has 0 aromatic heterocycles. The minimum Gasteiger partial charge on any atom is -0.395 e. The standard InChI is InChI=1S/C14H22FNO2/c1-18-8-3-2-7-14(10-16,11-17)12-5-4-6-13(15)9-12/h4-6,9,17H,2-3,7-8,10-11,16H2,1H3. The first kappa shape index (κ1) is 15.1. The predicted octanol–water partition coefficient (Wildman–Crippen LogP) is 1.83. The maximum absolute atomic E-state index is 13.3. The molecule has 4 heteroatoms. The zero-order chi connectivity index (χ0) is 13.4. The van der Waals surface area contributed by atoms with Crippen LogP contribution in [-0.4, -0.2) is 32.0 Å². The van der Waals surface area contributed by atoms with Gasteiger partial charge in [-0.15, -0.1) is 0 Å². The van der Waals surface area contributed by atoms with Gasteiger partial charge >= 0.3 is 0 Å². The van der Waals surface area contributed by atoms with Gasteiger partial charge < -0.3 is 15.6 Å². The highest BCUT2D eigenvalue weighted by atomic mass is 19.1. The Bertz CT molecular complexity index is 353. The third kappa shape index (κ3) is 3.77. The minimum absolute atomic E-state index is 0.0695. The van der Waals surface area contributed by atoms with Crippen LogP contribution in [0.4, 0.5) is 4.39 Å². The molecule has 1 unspecified atom stereocenters. The van der Waals surface area contributed by atoms with Crippen molar-refractivity contribution in [2.45, 2.75) is 24.7 Å². The second-order valence-corrected chi connectivity index (χ2v) is 4.60. The van der Waals surface area contributed by atoms with Crippen molar-refractivity contribution in [2.75, 3.05) is 26.9 Å². The van der Waals surface area contributed by atoms with Crippen LogP contribution in [-0.2, 0) is 10.2 Å². The highest BCUT2D eigenvalue weighted by Gasteiger charge is 2.29. The molecule has 1 atom stereocenters. The lowest BCUT2D eigenvalue weighted by Gasteiger charge is -2.31. The van der Waals surface area contributed by atoms with Gasteiger partial charge in [0.1, 0.15) is 5.82 Å². The molecular weight excluding hydrogens is 233 g/mol. The number of halogens is 1. The van der Waals surface area contributed by atoms with E-state index in [2.05, 4.69) is 0 Å². The molecule has 1 rings (SSSR count). The van der Waals surface area contributed by atoms with Crippen LogP contribution in [0.1, 0.15) is 24.8 Å². The smallest absolute Gasteiger partial charge is 0.123 e. The first-order valence-corrected chi connectivity index (χ1v) is 6.24. The van der Waals surface area contributed by atoms with E-state index < -0.39 is 5.41 Å². The van der Waals surface area contributed by atoms with Gasteiger partial charge in [-0.3, -0.25) is 0 Å². The van der Waals surface area contributed by atoms with Crippen LogP contribution < -0.4 is 5.73 Å². The van der Waals surface area contributed by atoms with Crippen LogP contribution in [0.2, 0.25) is 0 Å². The molecule has 102 valence electrons. The summed E-state index contributed by atoms with van der Waals surface area (Å²) in [6.07, 6.45) is 2.53. The molecule has 0 amide bonds. The molecule has 0 aliphatic carbocycles. The van der Waals surface area contributed by atoms with Gasteiger partial charge in [0, 0.05) is 25.7 Å². The Morgan fingerprint density at radius 3 is 2.72 bits per heavy atom. The molecule has 0 bridgehead atoms. The molecule has 1 aromatic rings. The number of nitrogens with two attached hydrogens (primary N) is 1. The molecule has 0 spiro atoms. The van der Waals surface area contributed by atoms with Gasteiger partial charge in [-0.05, 0) is 30.5 Å². The molecule has 0 heterocycles. The molecule has 3 N–H and O–H groups in total. The molecule has 0 saturated heterocycles. The van der Waals surface area contributed by atoms with Crippen molar-refractivity contribution < 1.29 is 14.2 Å². The lowest BCUT2D eigenvalue weighted by atomic mass is 9.77. The van der Waals surface area contributed by atoms with Gasteiger partial charge in [0.25, 0.3) is 0 Å². The molecular formula is C14H22FNO2. The summed E-state index contributed by atoms with van der Waals surface area (Å²) in [5.41, 5.74) is 6.02. The van der Waals surface area contributed by atoms with Crippen LogP contribution >= 0.6 is 0 Å². The Labute approximate surface area is 108 Å². The summed E-state index contributed by atoms with van der Waals surface area (Å²) in [5.74, 6) is -0.296. The molecule has 18 heavy (non-hydrogen) atoms. The zero-order valence-electron chi connectivity index (χ0n) is 10.9. The lowest BCUT2D eigenvalue weighted by Crippen LogP contribution is -2.39. The Balaban J connectivity index is 2.79. The van der Waals surface area contributed by atoms with Crippen molar-refractivity contribution in [3.63, 3.8) is 0 Å². The van der Waals surface area contributed by atoms with Crippen molar-refractivity contribution in [2.24, 2.45) is 5.73 Å². The number of unbranched alkanes of at least 4 members (excludes halogenated alkanes) is 1. The highest BCUT2D eigenvalue weighted by molar-refractivity contribution is 5.27. The fourth-order valence-electron chi connectivity index (χ4n) is 2.13. The van der Waals surface area contributed by atoms with E-state index in [9.17, 15) is 9.50 Å². The fraction of sp³-hybridized carbons (Fsp3) is 0.571. The lowest BCUT2D eigenvalue weighted by molar-refractivity contribution is 0.167. The van der Waals surface area contributed by atoms with Gasteiger partial charge in [0.15, 0.2) is 0 Å². The topological polar surface area (TPSA) is 55.5 Å². The maximum atomic E-state index is 13.3. The Kier molecular flexibility index (Phi) is 6.25. The van der Waals surface area contributed by atoms with E-state index in [1.54, 1.807) is 13.2 Å². The normalized spacial score (nSPS) is 14.4. The van der Waals surface area contributed by atoms with Gasteiger partial charge in [0.2, 0.25) is 0 Å². The number of rotatable bonds is 8. The molecule has 3 nitrogen and oxygen atoms in total. The fourth-order valence-corrected chi connectivity index (χ4v) is 2.13. The third-order valence-corrected chi connectivity index (χ3v) is 3.38. The summed E-state index contributed by atoms with van der Waals surface area (Å²) in [7, 11) is 1.66. The van der Waals surface area contributed by atoms with Crippen molar-refractivity contribution in [3.8, 4) is 0 Å². The van der Waals surface area contributed by atoms with Crippen LogP contribution in [0.3, 0.4) is 0 Å². The van der Waals surface area contributed by atoms with Gasteiger partial charge in [-0.1, -0.05) is 18.6 Å². The first-order chi connectivity index (χ1) is 8.68. The average molecular weight is 255 g/mol. The van der Waals surface area contributed by atoms with Crippen LogP contribution in [0.15, 0.2) is 24.3 Å². The third-order valence-electron chi connectivity index (χ3n) is 3.38. The molecule has 0 radical (unpaired) electrons. The minimum atomic E-state index is -0.546. The molecule has 0 aliphatic rings. The number of aliphatic hydroxyl groups is 1. The van der Waals surface area contributed by atoms with E-state index in [0.29, 0.717) is 13.2 Å². The van der Waals surface area contributed by atoms with E-state index >= 15 is 0 Å². The number of hydrogen-bond donors (Lipinski definition) is 2. The monoisotopic (exact) mass is 255 g/mol. The average Bonchev–Trinajstić information content (AvgIpc) is 2.40. The van der Waals surface area contributed by atoms with Crippen molar-refractivity contribution in [3.05, 3.63) is 35.6 Å². The summed E-state index contributed by atoms with van der Waals surface area (Å²) in [6.45, 7) is 0.926. The second-order valence-electron chi connectivity index (χ2n) is 4.60. The van der Waals surface area contributed by atoms with Crippen molar-refractivity contribution >= 4 is 0 Å².